The van der Waals surface area contributed by atoms with Gasteiger partial charge in [0, 0.05) is 5.56 Å². The molecule has 0 spiro atoms. The lowest BCUT2D eigenvalue weighted by Crippen LogP contribution is -1.81. The standard InChI is InChI=1S/C18H18N2O/c1-14(5-3-6-15(2)11-12-21)9-10-16-7-4-8-17(13-16)18-19-20-18/h3-13,18H,1-2H3/b6-3+,10-9+,14-5+,15-11+. The van der Waals surface area contributed by atoms with Crippen LogP contribution in [0.1, 0.15) is 31.1 Å². The van der Waals surface area contributed by atoms with Gasteiger partial charge in [0.1, 0.15) is 6.29 Å². The Morgan fingerprint density at radius 2 is 1.86 bits per heavy atom. The molecule has 1 aromatic carbocycles. The molecule has 0 fully saturated rings. The van der Waals surface area contributed by atoms with E-state index >= 15 is 0 Å². The molecule has 0 unspecified atom stereocenters. The molecular weight excluding hydrogens is 260 g/mol. The number of hydrogen-bond donors (Lipinski definition) is 0. The summed E-state index contributed by atoms with van der Waals surface area (Å²) in [4.78, 5) is 10.3. The molecule has 0 saturated heterocycles. The fourth-order valence-corrected chi connectivity index (χ4v) is 1.79. The van der Waals surface area contributed by atoms with Crippen LogP contribution in [0.25, 0.3) is 6.08 Å². The Hall–Kier alpha value is -2.55. The molecule has 21 heavy (non-hydrogen) atoms. The lowest BCUT2D eigenvalue weighted by molar-refractivity contribution is -0.104. The Kier molecular flexibility index (Phi) is 5.16. The van der Waals surface area contributed by atoms with Crippen LogP contribution < -0.4 is 0 Å². The van der Waals surface area contributed by atoms with Gasteiger partial charge < -0.3 is 0 Å². The van der Waals surface area contributed by atoms with Crippen LogP contribution in [-0.4, -0.2) is 6.29 Å². The highest BCUT2D eigenvalue weighted by atomic mass is 16.1. The minimum atomic E-state index is 0.0468. The van der Waals surface area contributed by atoms with Gasteiger partial charge in [0.2, 0.25) is 6.17 Å². The Labute approximate surface area is 125 Å². The Morgan fingerprint density at radius 3 is 2.57 bits per heavy atom. The van der Waals surface area contributed by atoms with E-state index in [9.17, 15) is 4.79 Å². The number of carbonyl (C=O) groups excluding carboxylic acids is 1. The van der Waals surface area contributed by atoms with Crippen molar-refractivity contribution in [2.75, 3.05) is 0 Å². The van der Waals surface area contributed by atoms with E-state index in [2.05, 4.69) is 34.5 Å². The quantitative estimate of drug-likeness (QED) is 0.418. The predicted octanol–water partition coefficient (Wildman–Crippen LogP) is 4.81. The zero-order chi connectivity index (χ0) is 15.1. The van der Waals surface area contributed by atoms with Gasteiger partial charge in [0.15, 0.2) is 0 Å². The summed E-state index contributed by atoms with van der Waals surface area (Å²) in [5.74, 6) is 0. The average molecular weight is 278 g/mol. The lowest BCUT2D eigenvalue weighted by Gasteiger charge is -1.97. The van der Waals surface area contributed by atoms with Gasteiger partial charge >= 0.3 is 0 Å². The third-order valence-electron chi connectivity index (χ3n) is 3.03. The number of benzene rings is 1. The van der Waals surface area contributed by atoms with Crippen molar-refractivity contribution in [3.8, 4) is 0 Å². The third kappa shape index (κ3) is 5.15. The van der Waals surface area contributed by atoms with Crippen molar-refractivity contribution in [3.63, 3.8) is 0 Å². The third-order valence-corrected chi connectivity index (χ3v) is 3.03. The maximum atomic E-state index is 10.3. The van der Waals surface area contributed by atoms with Gasteiger partial charge in [-0.1, -0.05) is 54.2 Å². The summed E-state index contributed by atoms with van der Waals surface area (Å²) in [6.07, 6.45) is 12.4. The summed E-state index contributed by atoms with van der Waals surface area (Å²) in [5, 5.41) is 7.86. The number of nitrogens with zero attached hydrogens (tertiary/aromatic N) is 2. The van der Waals surface area contributed by atoms with Crippen molar-refractivity contribution in [2.45, 2.75) is 20.0 Å². The topological polar surface area (TPSA) is 41.8 Å². The van der Waals surface area contributed by atoms with E-state index in [4.69, 9.17) is 0 Å². The van der Waals surface area contributed by atoms with Gasteiger partial charge in [0.25, 0.3) is 0 Å². The molecule has 0 bridgehead atoms. The molecule has 0 aromatic heterocycles. The predicted molar refractivity (Wildman–Crippen MR) is 85.8 cm³/mol. The molecule has 0 amide bonds. The van der Waals surface area contributed by atoms with Crippen LogP contribution in [0.15, 0.2) is 76.0 Å². The molecule has 106 valence electrons. The van der Waals surface area contributed by atoms with Crippen molar-refractivity contribution in [1.82, 2.24) is 0 Å². The number of allylic oxidation sites excluding steroid dienone is 7. The Bertz CT molecular complexity index is 658. The van der Waals surface area contributed by atoms with Crippen LogP contribution in [0.5, 0.6) is 0 Å². The van der Waals surface area contributed by atoms with E-state index in [0.717, 1.165) is 28.6 Å². The fraction of sp³-hybridized carbons (Fsp3) is 0.167. The van der Waals surface area contributed by atoms with E-state index in [1.54, 1.807) is 0 Å². The van der Waals surface area contributed by atoms with E-state index in [-0.39, 0.29) is 6.17 Å². The van der Waals surface area contributed by atoms with Crippen LogP contribution in [0, 0.1) is 0 Å². The first-order valence-electron chi connectivity index (χ1n) is 6.84. The first-order valence-corrected chi connectivity index (χ1v) is 6.84. The summed E-state index contributed by atoms with van der Waals surface area (Å²) in [6.45, 7) is 3.93. The minimum Gasteiger partial charge on any atom is -0.299 e. The van der Waals surface area contributed by atoms with Gasteiger partial charge in [-0.15, -0.1) is 0 Å². The monoisotopic (exact) mass is 278 g/mol. The zero-order valence-corrected chi connectivity index (χ0v) is 12.2. The number of rotatable bonds is 6. The molecule has 0 saturated carbocycles. The minimum absolute atomic E-state index is 0.0468. The van der Waals surface area contributed by atoms with Crippen LogP contribution in [-0.2, 0) is 4.79 Å². The molecule has 0 atom stereocenters. The highest BCUT2D eigenvalue weighted by Gasteiger charge is 2.17. The zero-order valence-electron chi connectivity index (χ0n) is 12.2. The first kappa shape index (κ1) is 14.9. The maximum Gasteiger partial charge on any atom is 0.206 e. The van der Waals surface area contributed by atoms with Gasteiger partial charge in [0.05, 0.1) is 0 Å². The average Bonchev–Trinajstić information content (AvgIpc) is 3.30. The normalized spacial score (nSPS) is 16.1. The number of hydrogen-bond acceptors (Lipinski definition) is 3. The van der Waals surface area contributed by atoms with E-state index < -0.39 is 0 Å². The summed E-state index contributed by atoms with van der Waals surface area (Å²) in [6, 6.07) is 8.21. The van der Waals surface area contributed by atoms with Crippen LogP contribution >= 0.6 is 0 Å². The Balaban J connectivity index is 1.98. The molecule has 1 aromatic rings. The molecule has 1 heterocycles. The molecule has 2 rings (SSSR count). The summed E-state index contributed by atoms with van der Waals surface area (Å²) >= 11 is 0. The molecule has 3 nitrogen and oxygen atoms in total. The SMILES string of the molecule is CC(/C=C/C=C(C)/C=C/c1cccc(C2N=N2)c1)=C\C=O. The number of aldehydes is 1. The lowest BCUT2D eigenvalue weighted by atomic mass is 10.1. The van der Waals surface area contributed by atoms with E-state index in [0.29, 0.717) is 0 Å². The summed E-state index contributed by atoms with van der Waals surface area (Å²) < 4.78 is 0. The molecule has 3 heteroatoms. The fourth-order valence-electron chi connectivity index (χ4n) is 1.79. The maximum absolute atomic E-state index is 10.3. The molecule has 0 N–H and O–H groups in total. The van der Waals surface area contributed by atoms with E-state index in [1.807, 2.05) is 44.2 Å². The van der Waals surface area contributed by atoms with E-state index in [1.165, 1.54) is 6.08 Å². The Morgan fingerprint density at radius 1 is 1.10 bits per heavy atom. The molecule has 1 aliphatic rings. The van der Waals surface area contributed by atoms with Crippen molar-refractivity contribution < 1.29 is 4.79 Å². The smallest absolute Gasteiger partial charge is 0.206 e. The molecule has 0 aliphatic carbocycles. The molecule has 1 aliphatic heterocycles. The largest absolute Gasteiger partial charge is 0.299 e. The molecule has 0 radical (unpaired) electrons. The number of carbonyl (C=O) groups is 1. The second kappa shape index (κ2) is 7.29. The summed E-state index contributed by atoms with van der Waals surface area (Å²) in [5.41, 5.74) is 4.34. The van der Waals surface area contributed by atoms with Gasteiger partial charge in [-0.2, -0.15) is 10.2 Å². The summed E-state index contributed by atoms with van der Waals surface area (Å²) in [7, 11) is 0. The van der Waals surface area contributed by atoms with Crippen LogP contribution in [0.2, 0.25) is 0 Å². The second-order valence-corrected chi connectivity index (χ2v) is 4.92. The van der Waals surface area contributed by atoms with Crippen molar-refractivity contribution in [3.05, 3.63) is 76.9 Å². The highest BCUT2D eigenvalue weighted by Crippen LogP contribution is 2.30. The van der Waals surface area contributed by atoms with Crippen molar-refractivity contribution in [1.29, 1.82) is 0 Å². The van der Waals surface area contributed by atoms with Gasteiger partial charge in [-0.3, -0.25) is 4.79 Å². The second-order valence-electron chi connectivity index (χ2n) is 4.92. The van der Waals surface area contributed by atoms with Crippen molar-refractivity contribution in [2.24, 2.45) is 10.2 Å². The molecular formula is C18H18N2O. The van der Waals surface area contributed by atoms with Gasteiger partial charge in [-0.25, -0.2) is 0 Å². The van der Waals surface area contributed by atoms with Crippen molar-refractivity contribution >= 4 is 12.4 Å². The van der Waals surface area contributed by atoms with Crippen LogP contribution in [0.4, 0.5) is 0 Å². The van der Waals surface area contributed by atoms with Gasteiger partial charge in [-0.05, 0) is 37.1 Å². The first-order chi connectivity index (χ1) is 10.2. The van der Waals surface area contributed by atoms with Crippen LogP contribution in [0.3, 0.4) is 0 Å². The highest BCUT2D eigenvalue weighted by molar-refractivity contribution is 5.67.